The summed E-state index contributed by atoms with van der Waals surface area (Å²) in [5, 5.41) is 9.67. The summed E-state index contributed by atoms with van der Waals surface area (Å²) in [5.74, 6) is -0.122. The van der Waals surface area contributed by atoms with Crippen molar-refractivity contribution < 1.29 is 4.79 Å². The van der Waals surface area contributed by atoms with Gasteiger partial charge in [-0.15, -0.1) is 0 Å². The van der Waals surface area contributed by atoms with Gasteiger partial charge in [-0.1, -0.05) is 48.0 Å². The van der Waals surface area contributed by atoms with Crippen LogP contribution < -0.4 is 0 Å². The zero-order valence-corrected chi connectivity index (χ0v) is 12.3. The zero-order valence-electron chi connectivity index (χ0n) is 11.5. The molecule has 1 heterocycles. The van der Waals surface area contributed by atoms with Crippen LogP contribution in [0.1, 0.15) is 21.5 Å². The molecule has 0 amide bonds. The van der Waals surface area contributed by atoms with Crippen molar-refractivity contribution in [1.82, 2.24) is 4.98 Å². The van der Waals surface area contributed by atoms with Crippen LogP contribution in [0.4, 0.5) is 0 Å². The van der Waals surface area contributed by atoms with Crippen molar-refractivity contribution in [2.24, 2.45) is 0 Å². The van der Waals surface area contributed by atoms with E-state index < -0.39 is 0 Å². The summed E-state index contributed by atoms with van der Waals surface area (Å²) in [7, 11) is 0. The maximum Gasteiger partial charge on any atom is 0.193 e. The van der Waals surface area contributed by atoms with E-state index in [0.29, 0.717) is 32.8 Å². The van der Waals surface area contributed by atoms with E-state index in [4.69, 9.17) is 11.6 Å². The van der Waals surface area contributed by atoms with Crippen molar-refractivity contribution in [2.45, 2.75) is 0 Å². The molecule has 0 fully saturated rings. The summed E-state index contributed by atoms with van der Waals surface area (Å²) >= 11 is 6.06. The number of ketones is 1. The molecule has 0 spiro atoms. The monoisotopic (exact) mass is 306 g/mol. The Kier molecular flexibility index (Phi) is 3.78. The van der Waals surface area contributed by atoms with Gasteiger partial charge in [0.2, 0.25) is 0 Å². The molecule has 0 saturated carbocycles. The maximum atomic E-state index is 12.8. The summed E-state index contributed by atoms with van der Waals surface area (Å²) in [6.07, 6.45) is 3.32. The molecule has 0 saturated heterocycles. The van der Waals surface area contributed by atoms with Gasteiger partial charge in [0.15, 0.2) is 5.78 Å². The van der Waals surface area contributed by atoms with Crippen molar-refractivity contribution >= 4 is 17.4 Å². The predicted molar refractivity (Wildman–Crippen MR) is 85.8 cm³/mol. The minimum Gasteiger partial charge on any atom is -0.366 e. The van der Waals surface area contributed by atoms with Gasteiger partial charge in [0.1, 0.15) is 6.07 Å². The Morgan fingerprint density at radius 2 is 1.82 bits per heavy atom. The number of aromatic nitrogens is 1. The molecule has 0 aliphatic carbocycles. The molecule has 0 bridgehead atoms. The smallest absolute Gasteiger partial charge is 0.193 e. The highest BCUT2D eigenvalue weighted by molar-refractivity contribution is 6.31. The SMILES string of the molecule is N#Cc1c[nH]cc1-c1ccc(Cl)cc1C(=O)c1ccccc1. The third-order valence-corrected chi connectivity index (χ3v) is 3.65. The molecule has 0 aliphatic rings. The average molecular weight is 307 g/mol. The van der Waals surface area contributed by atoms with Crippen LogP contribution in [-0.2, 0) is 0 Å². The Labute approximate surface area is 132 Å². The van der Waals surface area contributed by atoms with E-state index in [-0.39, 0.29) is 5.78 Å². The summed E-state index contributed by atoms with van der Waals surface area (Å²) < 4.78 is 0. The first-order chi connectivity index (χ1) is 10.7. The molecule has 0 unspecified atom stereocenters. The van der Waals surface area contributed by atoms with Gasteiger partial charge in [0.05, 0.1) is 5.56 Å². The van der Waals surface area contributed by atoms with Gasteiger partial charge in [0, 0.05) is 34.1 Å². The van der Waals surface area contributed by atoms with Crippen molar-refractivity contribution in [3.05, 3.63) is 82.6 Å². The van der Waals surface area contributed by atoms with Gasteiger partial charge in [-0.3, -0.25) is 4.79 Å². The second kappa shape index (κ2) is 5.88. The van der Waals surface area contributed by atoms with Gasteiger partial charge >= 0.3 is 0 Å². The standard InChI is InChI=1S/C18H11ClN2O/c19-14-6-7-15(17-11-21-10-13(17)9-20)16(8-14)18(22)12-4-2-1-3-5-12/h1-8,10-11,21H. The van der Waals surface area contributed by atoms with E-state index in [9.17, 15) is 10.1 Å². The summed E-state index contributed by atoms with van der Waals surface area (Å²) in [6.45, 7) is 0. The minimum absolute atomic E-state index is 0.122. The van der Waals surface area contributed by atoms with Gasteiger partial charge in [-0.2, -0.15) is 5.26 Å². The third kappa shape index (κ3) is 2.52. The zero-order chi connectivity index (χ0) is 15.5. The first-order valence-corrected chi connectivity index (χ1v) is 7.05. The van der Waals surface area contributed by atoms with Gasteiger partial charge in [-0.05, 0) is 17.7 Å². The maximum absolute atomic E-state index is 12.8. The Balaban J connectivity index is 2.18. The molecule has 106 valence electrons. The summed E-state index contributed by atoms with van der Waals surface area (Å²) in [5.41, 5.74) is 2.94. The van der Waals surface area contributed by atoms with Crippen LogP contribution in [0.3, 0.4) is 0 Å². The molecule has 22 heavy (non-hydrogen) atoms. The number of rotatable bonds is 3. The summed E-state index contributed by atoms with van der Waals surface area (Å²) in [6, 6.07) is 16.2. The van der Waals surface area contributed by atoms with Gasteiger partial charge in [0.25, 0.3) is 0 Å². The molecular formula is C18H11ClN2O. The van der Waals surface area contributed by atoms with E-state index in [1.165, 1.54) is 0 Å². The molecule has 3 nitrogen and oxygen atoms in total. The molecule has 0 aliphatic heterocycles. The molecule has 1 aromatic heterocycles. The number of carbonyl (C=O) groups excluding carboxylic acids is 1. The fourth-order valence-electron chi connectivity index (χ4n) is 2.36. The van der Waals surface area contributed by atoms with Crippen LogP contribution in [0, 0.1) is 11.3 Å². The lowest BCUT2D eigenvalue weighted by molar-refractivity contribution is 0.103. The number of benzene rings is 2. The van der Waals surface area contributed by atoms with Gasteiger partial charge < -0.3 is 4.98 Å². The molecule has 0 radical (unpaired) electrons. The van der Waals surface area contributed by atoms with Crippen LogP contribution in [-0.4, -0.2) is 10.8 Å². The normalized spacial score (nSPS) is 10.2. The van der Waals surface area contributed by atoms with Crippen LogP contribution >= 0.6 is 11.6 Å². The topological polar surface area (TPSA) is 56.6 Å². The highest BCUT2D eigenvalue weighted by Crippen LogP contribution is 2.30. The lowest BCUT2D eigenvalue weighted by Crippen LogP contribution is -2.03. The Bertz CT molecular complexity index is 876. The fourth-order valence-corrected chi connectivity index (χ4v) is 2.54. The third-order valence-electron chi connectivity index (χ3n) is 3.42. The van der Waals surface area contributed by atoms with Crippen LogP contribution in [0.5, 0.6) is 0 Å². The van der Waals surface area contributed by atoms with Gasteiger partial charge in [-0.25, -0.2) is 0 Å². The highest BCUT2D eigenvalue weighted by Gasteiger charge is 2.17. The second-order valence-electron chi connectivity index (χ2n) is 4.78. The largest absolute Gasteiger partial charge is 0.366 e. The predicted octanol–water partition coefficient (Wildman–Crippen LogP) is 4.44. The van der Waals surface area contributed by atoms with Crippen molar-refractivity contribution in [3.8, 4) is 17.2 Å². The number of aromatic amines is 1. The highest BCUT2D eigenvalue weighted by atomic mass is 35.5. The number of hydrogen-bond acceptors (Lipinski definition) is 2. The van der Waals surface area contributed by atoms with E-state index in [1.807, 2.05) is 18.2 Å². The molecular weight excluding hydrogens is 296 g/mol. The number of nitrogens with zero attached hydrogens (tertiary/aromatic N) is 1. The van der Waals surface area contributed by atoms with E-state index in [1.54, 1.807) is 42.7 Å². The first-order valence-electron chi connectivity index (χ1n) is 6.67. The Morgan fingerprint density at radius 3 is 2.55 bits per heavy atom. The van der Waals surface area contributed by atoms with Crippen molar-refractivity contribution in [3.63, 3.8) is 0 Å². The first kappa shape index (κ1) is 14.1. The second-order valence-corrected chi connectivity index (χ2v) is 5.22. The van der Waals surface area contributed by atoms with Crippen molar-refractivity contribution in [1.29, 1.82) is 5.26 Å². The fraction of sp³-hybridized carbons (Fsp3) is 0. The quantitative estimate of drug-likeness (QED) is 0.727. The number of halogens is 1. The minimum atomic E-state index is -0.122. The average Bonchev–Trinajstić information content (AvgIpc) is 3.03. The molecule has 2 aromatic carbocycles. The Hall–Kier alpha value is -2.83. The molecule has 3 rings (SSSR count). The van der Waals surface area contributed by atoms with Crippen molar-refractivity contribution in [2.75, 3.05) is 0 Å². The number of carbonyl (C=O) groups is 1. The molecule has 0 atom stereocenters. The molecule has 1 N–H and O–H groups in total. The van der Waals surface area contributed by atoms with E-state index >= 15 is 0 Å². The van der Waals surface area contributed by atoms with Crippen LogP contribution in [0.25, 0.3) is 11.1 Å². The number of nitrogens with one attached hydrogen (secondary N) is 1. The molecule has 3 aromatic rings. The van der Waals surface area contributed by atoms with E-state index in [2.05, 4.69) is 11.1 Å². The van der Waals surface area contributed by atoms with Crippen LogP contribution in [0.2, 0.25) is 5.02 Å². The number of H-pyrrole nitrogens is 1. The summed E-state index contributed by atoms with van der Waals surface area (Å²) in [4.78, 5) is 15.7. The number of nitriles is 1. The lowest BCUT2D eigenvalue weighted by atomic mass is 9.94. The van der Waals surface area contributed by atoms with Crippen LogP contribution in [0.15, 0.2) is 60.9 Å². The Morgan fingerprint density at radius 1 is 1.05 bits per heavy atom. The lowest BCUT2D eigenvalue weighted by Gasteiger charge is -2.09. The van der Waals surface area contributed by atoms with E-state index in [0.717, 1.165) is 0 Å². The number of hydrogen-bond donors (Lipinski definition) is 1. The molecule has 4 heteroatoms.